The number of halogens is 1. The van der Waals surface area contributed by atoms with Crippen LogP contribution in [0, 0.1) is 0 Å². The summed E-state index contributed by atoms with van der Waals surface area (Å²) in [6.07, 6.45) is 0.268. The number of aromatic nitrogens is 2. The summed E-state index contributed by atoms with van der Waals surface area (Å²) < 4.78 is 11.9. The first-order valence-corrected chi connectivity index (χ1v) is 7.74. The predicted octanol–water partition coefficient (Wildman–Crippen LogP) is 2.78. The van der Waals surface area contributed by atoms with E-state index in [2.05, 4.69) is 37.9 Å². The van der Waals surface area contributed by atoms with Crippen molar-refractivity contribution in [2.24, 2.45) is 0 Å². The molecular weight excluding hydrogens is 330 g/mol. The van der Waals surface area contributed by atoms with Crippen molar-refractivity contribution in [2.75, 3.05) is 19.7 Å². The van der Waals surface area contributed by atoms with Gasteiger partial charge in [0.15, 0.2) is 0 Å². The zero-order valence-electron chi connectivity index (χ0n) is 10.5. The molecule has 19 heavy (non-hydrogen) atoms. The second-order valence-electron chi connectivity index (χ2n) is 4.53. The first-order chi connectivity index (χ1) is 9.20. The fourth-order valence-corrected chi connectivity index (χ4v) is 3.39. The summed E-state index contributed by atoms with van der Waals surface area (Å²) in [5.41, 5.74) is 0. The van der Waals surface area contributed by atoms with Gasteiger partial charge in [-0.2, -0.15) is 4.98 Å². The van der Waals surface area contributed by atoms with Crippen molar-refractivity contribution in [2.45, 2.75) is 19.6 Å². The Bertz CT molecular complexity index is 557. The Balaban J connectivity index is 1.68. The van der Waals surface area contributed by atoms with Crippen LogP contribution in [0.2, 0.25) is 0 Å². The molecule has 5 nitrogen and oxygen atoms in total. The zero-order chi connectivity index (χ0) is 13.2. The summed E-state index contributed by atoms with van der Waals surface area (Å²) in [5, 5.41) is 4.03. The Kier molecular flexibility index (Phi) is 3.97. The molecule has 1 fully saturated rings. The molecule has 1 saturated heterocycles. The molecule has 102 valence electrons. The lowest BCUT2D eigenvalue weighted by Crippen LogP contribution is -2.40. The van der Waals surface area contributed by atoms with Crippen LogP contribution in [0.4, 0.5) is 0 Å². The molecule has 1 atom stereocenters. The molecule has 2 aromatic rings. The summed E-state index contributed by atoms with van der Waals surface area (Å²) in [5.74, 6) is 1.32. The third kappa shape index (κ3) is 3.22. The van der Waals surface area contributed by atoms with Gasteiger partial charge in [0, 0.05) is 13.1 Å². The van der Waals surface area contributed by atoms with E-state index in [4.69, 9.17) is 9.26 Å². The van der Waals surface area contributed by atoms with Crippen LogP contribution >= 0.6 is 27.3 Å². The van der Waals surface area contributed by atoms with E-state index in [1.165, 1.54) is 0 Å². The van der Waals surface area contributed by atoms with Crippen molar-refractivity contribution in [3.05, 3.63) is 21.8 Å². The molecule has 0 radical (unpaired) electrons. The Morgan fingerprint density at radius 1 is 1.53 bits per heavy atom. The van der Waals surface area contributed by atoms with Gasteiger partial charge >= 0.3 is 0 Å². The first-order valence-electron chi connectivity index (χ1n) is 6.13. The minimum Gasteiger partial charge on any atom is -0.376 e. The molecule has 0 bridgehead atoms. The summed E-state index contributed by atoms with van der Waals surface area (Å²) in [6, 6.07) is 3.97. The second kappa shape index (κ2) is 5.70. The molecule has 0 saturated carbocycles. The quantitative estimate of drug-likeness (QED) is 0.857. The van der Waals surface area contributed by atoms with Crippen molar-refractivity contribution in [3.63, 3.8) is 0 Å². The van der Waals surface area contributed by atoms with Crippen LogP contribution in [0.25, 0.3) is 10.7 Å². The third-order valence-electron chi connectivity index (χ3n) is 2.95. The van der Waals surface area contributed by atoms with Crippen LogP contribution in [0.5, 0.6) is 0 Å². The standard InChI is InChI=1S/C12H14BrN3O2S/c1-8-6-16(4-5-17-8)7-11-14-12(15-18-11)9-2-3-10(13)19-9/h2-3,8H,4-7H2,1H3/t8-/m1/s1. The highest BCUT2D eigenvalue weighted by Gasteiger charge is 2.19. The highest BCUT2D eigenvalue weighted by atomic mass is 79.9. The minimum absolute atomic E-state index is 0.268. The molecule has 1 aliphatic rings. The van der Waals surface area contributed by atoms with E-state index < -0.39 is 0 Å². The van der Waals surface area contributed by atoms with Gasteiger partial charge in [0.25, 0.3) is 0 Å². The minimum atomic E-state index is 0.268. The molecule has 2 aromatic heterocycles. The highest BCUT2D eigenvalue weighted by molar-refractivity contribution is 9.11. The number of hydrogen-bond donors (Lipinski definition) is 0. The van der Waals surface area contributed by atoms with Gasteiger partial charge in [0.05, 0.1) is 27.9 Å². The number of morpholine rings is 1. The zero-order valence-corrected chi connectivity index (χ0v) is 12.9. The smallest absolute Gasteiger partial charge is 0.241 e. The van der Waals surface area contributed by atoms with Gasteiger partial charge in [-0.1, -0.05) is 5.16 Å². The van der Waals surface area contributed by atoms with Crippen LogP contribution in [0.15, 0.2) is 20.4 Å². The summed E-state index contributed by atoms with van der Waals surface area (Å²) in [6.45, 7) is 5.34. The van der Waals surface area contributed by atoms with Crippen LogP contribution in [-0.2, 0) is 11.3 Å². The first kappa shape index (κ1) is 13.2. The molecule has 3 rings (SSSR count). The van der Waals surface area contributed by atoms with Gasteiger partial charge in [-0.15, -0.1) is 11.3 Å². The number of thiophene rings is 1. The molecule has 7 heteroatoms. The van der Waals surface area contributed by atoms with Crippen molar-refractivity contribution < 1.29 is 9.26 Å². The summed E-state index contributed by atoms with van der Waals surface area (Å²) >= 11 is 5.03. The Labute approximate surface area is 123 Å². The highest BCUT2D eigenvalue weighted by Crippen LogP contribution is 2.29. The van der Waals surface area contributed by atoms with Gasteiger partial charge < -0.3 is 9.26 Å². The van der Waals surface area contributed by atoms with Crippen molar-refractivity contribution in [1.82, 2.24) is 15.0 Å². The molecular formula is C12H14BrN3O2S. The number of rotatable bonds is 3. The second-order valence-corrected chi connectivity index (χ2v) is 7.00. The van der Waals surface area contributed by atoms with Crippen LogP contribution in [0.3, 0.4) is 0 Å². The van der Waals surface area contributed by atoms with E-state index in [1.54, 1.807) is 11.3 Å². The Morgan fingerprint density at radius 3 is 3.16 bits per heavy atom. The lowest BCUT2D eigenvalue weighted by Gasteiger charge is -2.29. The lowest BCUT2D eigenvalue weighted by molar-refractivity contribution is -0.0240. The molecule has 0 aliphatic carbocycles. The van der Waals surface area contributed by atoms with Gasteiger partial charge in [0.1, 0.15) is 0 Å². The molecule has 0 N–H and O–H groups in total. The van der Waals surface area contributed by atoms with Gasteiger partial charge in [-0.3, -0.25) is 4.90 Å². The van der Waals surface area contributed by atoms with Crippen LogP contribution in [-0.4, -0.2) is 40.8 Å². The number of nitrogens with zero attached hydrogens (tertiary/aromatic N) is 3. The summed E-state index contributed by atoms with van der Waals surface area (Å²) in [7, 11) is 0. The molecule has 0 amide bonds. The average molecular weight is 344 g/mol. The molecule has 1 aliphatic heterocycles. The average Bonchev–Trinajstić information content (AvgIpc) is 2.98. The molecule has 0 spiro atoms. The Hall–Kier alpha value is -0.760. The fraction of sp³-hybridized carbons (Fsp3) is 0.500. The third-order valence-corrected chi connectivity index (χ3v) is 4.57. The largest absolute Gasteiger partial charge is 0.376 e. The fourth-order valence-electron chi connectivity index (χ4n) is 2.08. The van der Waals surface area contributed by atoms with Crippen LogP contribution in [0.1, 0.15) is 12.8 Å². The Morgan fingerprint density at radius 2 is 2.42 bits per heavy atom. The maximum Gasteiger partial charge on any atom is 0.241 e. The van der Waals surface area contributed by atoms with E-state index >= 15 is 0 Å². The topological polar surface area (TPSA) is 51.4 Å². The van der Waals surface area contributed by atoms with E-state index in [-0.39, 0.29) is 6.10 Å². The van der Waals surface area contributed by atoms with E-state index in [9.17, 15) is 0 Å². The van der Waals surface area contributed by atoms with Crippen molar-refractivity contribution in [3.8, 4) is 10.7 Å². The van der Waals surface area contributed by atoms with Crippen LogP contribution < -0.4 is 0 Å². The van der Waals surface area contributed by atoms with Gasteiger partial charge in [-0.25, -0.2) is 0 Å². The van der Waals surface area contributed by atoms with Gasteiger partial charge in [-0.05, 0) is 35.0 Å². The maximum absolute atomic E-state index is 5.51. The normalized spacial score (nSPS) is 20.8. The van der Waals surface area contributed by atoms with Crippen molar-refractivity contribution >= 4 is 27.3 Å². The van der Waals surface area contributed by atoms with E-state index in [0.29, 0.717) is 18.3 Å². The SMILES string of the molecule is C[C@@H]1CN(Cc2nc(-c3ccc(Br)s3)no2)CCO1. The van der Waals surface area contributed by atoms with E-state index in [0.717, 1.165) is 28.4 Å². The monoisotopic (exact) mass is 343 g/mol. The lowest BCUT2D eigenvalue weighted by atomic mass is 10.3. The molecule has 0 aromatic carbocycles. The van der Waals surface area contributed by atoms with Gasteiger partial charge in [0.2, 0.25) is 11.7 Å². The summed E-state index contributed by atoms with van der Waals surface area (Å²) in [4.78, 5) is 7.73. The maximum atomic E-state index is 5.51. The number of ether oxygens (including phenoxy) is 1. The molecule has 0 unspecified atom stereocenters. The van der Waals surface area contributed by atoms with Crippen molar-refractivity contribution in [1.29, 1.82) is 0 Å². The number of hydrogen-bond acceptors (Lipinski definition) is 6. The van der Waals surface area contributed by atoms with E-state index in [1.807, 2.05) is 12.1 Å². The predicted molar refractivity (Wildman–Crippen MR) is 76.0 cm³/mol. The molecule has 3 heterocycles.